The molecule has 0 bridgehead atoms. The molecule has 4 aromatic rings. The fraction of sp³-hybridized carbons (Fsp3) is 0.333. The van der Waals surface area contributed by atoms with E-state index in [0.29, 0.717) is 6.42 Å². The molecule has 0 spiro atoms. The molecule has 2 amide bonds. The summed E-state index contributed by atoms with van der Waals surface area (Å²) in [6, 6.07) is 23.5. The van der Waals surface area contributed by atoms with Gasteiger partial charge in [-0.3, -0.25) is 14.5 Å². The van der Waals surface area contributed by atoms with Gasteiger partial charge < -0.3 is 19.5 Å². The molecule has 2 saturated heterocycles. The number of piperidine rings is 1. The number of alkyl halides is 2. The van der Waals surface area contributed by atoms with E-state index in [1.165, 1.54) is 17.7 Å². The zero-order valence-corrected chi connectivity index (χ0v) is 23.1. The van der Waals surface area contributed by atoms with Gasteiger partial charge in [-0.15, -0.1) is 0 Å². The third-order valence-electron chi connectivity index (χ3n) is 8.96. The standard InChI is InChI=1S/C33H32F2N4O3/c34-33(35)42-24-12-10-22(11-13-24)31-30-26(25-8-4-5-9-27(25)36-30)18-28-32(41)38(20-29(40)39(28)31)23-14-16-37(17-15-23)19-21-6-2-1-3-7-21/h1-13,23,28,31,33,36H,14-20H2/t28-,31-/m1/s1. The predicted octanol–water partition coefficient (Wildman–Crippen LogP) is 5.12. The summed E-state index contributed by atoms with van der Waals surface area (Å²) in [6.45, 7) is -0.268. The first kappa shape index (κ1) is 26.6. The molecule has 1 aromatic heterocycles. The lowest BCUT2D eigenvalue weighted by atomic mass is 9.85. The first-order chi connectivity index (χ1) is 20.5. The van der Waals surface area contributed by atoms with E-state index in [9.17, 15) is 18.4 Å². The highest BCUT2D eigenvalue weighted by molar-refractivity contribution is 5.97. The van der Waals surface area contributed by atoms with E-state index >= 15 is 0 Å². The quantitative estimate of drug-likeness (QED) is 0.350. The van der Waals surface area contributed by atoms with E-state index < -0.39 is 18.7 Å². The van der Waals surface area contributed by atoms with Crippen LogP contribution in [0.15, 0.2) is 78.9 Å². The number of amides is 2. The number of piperazine rings is 1. The first-order valence-electron chi connectivity index (χ1n) is 14.5. The molecule has 3 aliphatic rings. The Balaban J connectivity index is 1.17. The van der Waals surface area contributed by atoms with Crippen molar-refractivity contribution in [3.05, 3.63) is 101 Å². The molecule has 7 nitrogen and oxygen atoms in total. The lowest BCUT2D eigenvalue weighted by Gasteiger charge is -2.49. The van der Waals surface area contributed by atoms with E-state index in [4.69, 9.17) is 0 Å². The molecule has 0 unspecified atom stereocenters. The first-order valence-corrected chi connectivity index (χ1v) is 14.5. The maximum atomic E-state index is 14.2. The number of benzene rings is 3. The summed E-state index contributed by atoms with van der Waals surface area (Å²) < 4.78 is 30.1. The molecule has 4 heterocycles. The molecule has 0 radical (unpaired) electrons. The Morgan fingerprint density at radius 2 is 1.62 bits per heavy atom. The number of nitrogens with one attached hydrogen (secondary N) is 1. The number of H-pyrrole nitrogens is 1. The minimum Gasteiger partial charge on any atom is -0.435 e. The van der Waals surface area contributed by atoms with Crippen LogP contribution in [0.4, 0.5) is 8.78 Å². The van der Waals surface area contributed by atoms with Gasteiger partial charge in [-0.05, 0) is 47.7 Å². The number of para-hydroxylation sites is 1. The summed E-state index contributed by atoms with van der Waals surface area (Å²) in [5.41, 5.74) is 4.82. The number of hydrogen-bond donors (Lipinski definition) is 1. The lowest BCUT2D eigenvalue weighted by molar-refractivity contribution is -0.161. The molecular weight excluding hydrogens is 538 g/mol. The second kappa shape index (κ2) is 10.9. The Kier molecular flexibility index (Phi) is 6.90. The summed E-state index contributed by atoms with van der Waals surface area (Å²) in [4.78, 5) is 37.6. The van der Waals surface area contributed by atoms with Gasteiger partial charge in [0.2, 0.25) is 11.8 Å². The second-order valence-electron chi connectivity index (χ2n) is 11.4. The summed E-state index contributed by atoms with van der Waals surface area (Å²) >= 11 is 0. The highest BCUT2D eigenvalue weighted by Gasteiger charge is 2.49. The number of likely N-dealkylation sites (tertiary alicyclic amines) is 1. The summed E-state index contributed by atoms with van der Waals surface area (Å²) in [6.07, 6.45) is 2.08. The number of nitrogens with zero attached hydrogens (tertiary/aromatic N) is 3. The SMILES string of the molecule is O=C1[C@H]2Cc3c([nH]c4ccccc34)[C@@H](c3ccc(OC(F)F)cc3)N2C(=O)CN1C1CCN(Cc2ccccc2)CC1. The molecule has 9 heteroatoms. The van der Waals surface area contributed by atoms with Crippen molar-refractivity contribution in [2.75, 3.05) is 19.6 Å². The van der Waals surface area contributed by atoms with Gasteiger partial charge in [0.05, 0.1) is 6.04 Å². The van der Waals surface area contributed by atoms with E-state index in [-0.39, 0.29) is 30.2 Å². The maximum absolute atomic E-state index is 14.2. The largest absolute Gasteiger partial charge is 0.435 e. The monoisotopic (exact) mass is 570 g/mol. The van der Waals surface area contributed by atoms with Crippen LogP contribution in [0, 0.1) is 0 Å². The highest BCUT2D eigenvalue weighted by atomic mass is 19.3. The van der Waals surface area contributed by atoms with Gasteiger partial charge in [0.15, 0.2) is 0 Å². The molecular formula is C33H32F2N4O3. The Morgan fingerprint density at radius 3 is 2.36 bits per heavy atom. The molecule has 2 atom stereocenters. The zero-order chi connectivity index (χ0) is 28.8. The van der Waals surface area contributed by atoms with E-state index in [0.717, 1.165) is 60.2 Å². The summed E-state index contributed by atoms with van der Waals surface area (Å²) in [5.74, 6) is -0.0768. The van der Waals surface area contributed by atoms with E-state index in [1.54, 1.807) is 17.0 Å². The van der Waals surface area contributed by atoms with Crippen LogP contribution in [0.3, 0.4) is 0 Å². The average Bonchev–Trinajstić information content (AvgIpc) is 3.38. The van der Waals surface area contributed by atoms with Crippen molar-refractivity contribution in [1.82, 2.24) is 19.7 Å². The molecule has 42 heavy (non-hydrogen) atoms. The molecule has 1 N–H and O–H groups in total. The van der Waals surface area contributed by atoms with Gasteiger partial charge in [0.1, 0.15) is 18.3 Å². The van der Waals surface area contributed by atoms with Gasteiger partial charge >= 0.3 is 6.61 Å². The number of ether oxygens (including phenoxy) is 1. The van der Waals surface area contributed by atoms with Crippen LogP contribution >= 0.6 is 0 Å². The Labute approximate surface area is 242 Å². The number of aromatic nitrogens is 1. The number of carbonyl (C=O) groups is 2. The number of fused-ring (bicyclic) bond motifs is 4. The molecule has 216 valence electrons. The number of aromatic amines is 1. The van der Waals surface area contributed by atoms with Crippen LogP contribution < -0.4 is 4.74 Å². The third-order valence-corrected chi connectivity index (χ3v) is 8.96. The molecule has 3 aromatic carbocycles. The van der Waals surface area contributed by atoms with Crippen LogP contribution in [-0.4, -0.2) is 69.8 Å². The molecule has 0 saturated carbocycles. The lowest BCUT2D eigenvalue weighted by Crippen LogP contribution is -2.65. The van der Waals surface area contributed by atoms with Gasteiger partial charge in [-0.2, -0.15) is 8.78 Å². The number of carbonyl (C=O) groups excluding carboxylic acids is 2. The summed E-state index contributed by atoms with van der Waals surface area (Å²) in [5, 5.41) is 1.03. The van der Waals surface area contributed by atoms with Crippen molar-refractivity contribution in [3.8, 4) is 5.75 Å². The van der Waals surface area contributed by atoms with Crippen LogP contribution in [0.5, 0.6) is 5.75 Å². The zero-order valence-electron chi connectivity index (χ0n) is 23.1. The average molecular weight is 571 g/mol. The van der Waals surface area contributed by atoms with Crippen molar-refractivity contribution in [3.63, 3.8) is 0 Å². The van der Waals surface area contributed by atoms with Crippen LogP contribution in [0.25, 0.3) is 10.9 Å². The number of rotatable bonds is 6. The Hall–Kier alpha value is -4.24. The molecule has 7 rings (SSSR count). The van der Waals surface area contributed by atoms with Crippen molar-refractivity contribution >= 4 is 22.7 Å². The topological polar surface area (TPSA) is 68.9 Å². The highest BCUT2D eigenvalue weighted by Crippen LogP contribution is 2.43. The van der Waals surface area contributed by atoms with Crippen molar-refractivity contribution in [2.45, 2.75) is 50.5 Å². The van der Waals surface area contributed by atoms with Gasteiger partial charge in [0.25, 0.3) is 0 Å². The molecule has 0 aliphatic carbocycles. The van der Waals surface area contributed by atoms with Crippen LogP contribution in [0.2, 0.25) is 0 Å². The minimum atomic E-state index is -2.92. The Bertz CT molecular complexity index is 1600. The third kappa shape index (κ3) is 4.81. The number of halogens is 2. The van der Waals surface area contributed by atoms with E-state index in [1.807, 2.05) is 47.4 Å². The van der Waals surface area contributed by atoms with Gasteiger partial charge in [-0.1, -0.05) is 60.7 Å². The van der Waals surface area contributed by atoms with Crippen LogP contribution in [0.1, 0.15) is 41.3 Å². The minimum absolute atomic E-state index is 0.0178. The Morgan fingerprint density at radius 1 is 0.905 bits per heavy atom. The smallest absolute Gasteiger partial charge is 0.387 e. The summed E-state index contributed by atoms with van der Waals surface area (Å²) in [7, 11) is 0. The van der Waals surface area contributed by atoms with Gasteiger partial charge in [-0.25, -0.2) is 0 Å². The van der Waals surface area contributed by atoms with Crippen LogP contribution in [-0.2, 0) is 22.6 Å². The molecule has 2 fully saturated rings. The van der Waals surface area contributed by atoms with Crippen molar-refractivity contribution in [1.29, 1.82) is 0 Å². The van der Waals surface area contributed by atoms with Crippen molar-refractivity contribution in [2.24, 2.45) is 0 Å². The number of hydrogen-bond acceptors (Lipinski definition) is 4. The molecule has 3 aliphatic heterocycles. The predicted molar refractivity (Wildman–Crippen MR) is 154 cm³/mol. The maximum Gasteiger partial charge on any atom is 0.387 e. The van der Waals surface area contributed by atoms with E-state index in [2.05, 4.69) is 26.8 Å². The van der Waals surface area contributed by atoms with Crippen molar-refractivity contribution < 1.29 is 23.1 Å². The normalized spacial score (nSPS) is 21.6. The second-order valence-corrected chi connectivity index (χ2v) is 11.4. The fourth-order valence-corrected chi connectivity index (χ4v) is 7.00. The van der Waals surface area contributed by atoms with Gasteiger partial charge in [0, 0.05) is 48.7 Å². The fourth-order valence-electron chi connectivity index (χ4n) is 7.00.